The molecule has 0 spiro atoms. The Labute approximate surface area is 84.5 Å². The number of hydrogen-bond donors (Lipinski definition) is 1. The van der Waals surface area contributed by atoms with Crippen molar-refractivity contribution < 1.29 is 0 Å². The zero-order valence-electron chi connectivity index (χ0n) is 7.41. The van der Waals surface area contributed by atoms with Crippen LogP contribution in [-0.4, -0.2) is 9.97 Å². The van der Waals surface area contributed by atoms with E-state index in [2.05, 4.69) is 9.97 Å². The van der Waals surface area contributed by atoms with Gasteiger partial charge in [-0.15, -0.1) is 11.3 Å². The van der Waals surface area contributed by atoms with Gasteiger partial charge >= 0.3 is 0 Å². The van der Waals surface area contributed by atoms with Crippen LogP contribution in [0.2, 0.25) is 0 Å². The van der Waals surface area contributed by atoms with E-state index in [-0.39, 0.29) is 5.56 Å². The molecule has 0 unspecified atom stereocenters. The standard InChI is InChI=1S/C10H8N2OS/c13-9-4-1-6-7(12-9)2-3-8-10(6)11-5-14-8/h1,4-5H,2-3H2,(H,12,13). The molecule has 1 N–H and O–H groups in total. The Morgan fingerprint density at radius 2 is 2.29 bits per heavy atom. The van der Waals surface area contributed by atoms with Crippen LogP contribution in [-0.2, 0) is 12.8 Å². The third-order valence-electron chi connectivity index (χ3n) is 2.50. The second-order valence-corrected chi connectivity index (χ2v) is 4.28. The van der Waals surface area contributed by atoms with Crippen molar-refractivity contribution in [1.29, 1.82) is 0 Å². The Kier molecular flexibility index (Phi) is 1.58. The van der Waals surface area contributed by atoms with Gasteiger partial charge in [-0.3, -0.25) is 4.79 Å². The predicted molar refractivity (Wildman–Crippen MR) is 55.6 cm³/mol. The van der Waals surface area contributed by atoms with E-state index < -0.39 is 0 Å². The lowest BCUT2D eigenvalue weighted by atomic mass is 9.98. The molecule has 0 aromatic carbocycles. The van der Waals surface area contributed by atoms with Gasteiger partial charge in [-0.25, -0.2) is 4.98 Å². The first-order valence-electron chi connectivity index (χ1n) is 4.49. The summed E-state index contributed by atoms with van der Waals surface area (Å²) in [5.41, 5.74) is 5.00. The lowest BCUT2D eigenvalue weighted by molar-refractivity contribution is 0.896. The molecule has 0 radical (unpaired) electrons. The highest BCUT2D eigenvalue weighted by Crippen LogP contribution is 2.32. The largest absolute Gasteiger partial charge is 0.326 e. The monoisotopic (exact) mass is 204 g/mol. The molecule has 2 aromatic rings. The molecular weight excluding hydrogens is 196 g/mol. The quantitative estimate of drug-likeness (QED) is 0.708. The van der Waals surface area contributed by atoms with Crippen molar-refractivity contribution in [2.24, 2.45) is 0 Å². The van der Waals surface area contributed by atoms with E-state index in [0.29, 0.717) is 0 Å². The van der Waals surface area contributed by atoms with Crippen molar-refractivity contribution in [3.63, 3.8) is 0 Å². The molecule has 0 bridgehead atoms. The highest BCUT2D eigenvalue weighted by molar-refractivity contribution is 7.10. The number of aryl methyl sites for hydroxylation is 2. The molecule has 0 aliphatic heterocycles. The van der Waals surface area contributed by atoms with Crippen LogP contribution >= 0.6 is 11.3 Å². The molecular formula is C10H8N2OS. The Balaban J connectivity index is 2.31. The summed E-state index contributed by atoms with van der Waals surface area (Å²) in [7, 11) is 0. The molecule has 2 aromatic heterocycles. The van der Waals surface area contributed by atoms with E-state index in [1.807, 2.05) is 11.6 Å². The van der Waals surface area contributed by atoms with E-state index >= 15 is 0 Å². The van der Waals surface area contributed by atoms with Crippen molar-refractivity contribution in [1.82, 2.24) is 9.97 Å². The molecule has 4 heteroatoms. The molecule has 1 aliphatic carbocycles. The van der Waals surface area contributed by atoms with Crippen molar-refractivity contribution >= 4 is 11.3 Å². The number of hydrogen-bond acceptors (Lipinski definition) is 3. The van der Waals surface area contributed by atoms with Gasteiger partial charge in [0.25, 0.3) is 0 Å². The maximum Gasteiger partial charge on any atom is 0.248 e. The zero-order chi connectivity index (χ0) is 9.54. The maximum atomic E-state index is 11.1. The van der Waals surface area contributed by atoms with Crippen molar-refractivity contribution in [2.45, 2.75) is 12.8 Å². The fourth-order valence-corrected chi connectivity index (χ4v) is 2.62. The van der Waals surface area contributed by atoms with E-state index in [9.17, 15) is 4.79 Å². The molecule has 0 atom stereocenters. The molecule has 3 nitrogen and oxygen atoms in total. The third-order valence-corrected chi connectivity index (χ3v) is 3.39. The second-order valence-electron chi connectivity index (χ2n) is 3.34. The minimum absolute atomic E-state index is 0.0255. The molecule has 70 valence electrons. The SMILES string of the molecule is O=c1ccc2c([nH]1)CCc1scnc1-2. The van der Waals surface area contributed by atoms with Gasteiger partial charge in [0.05, 0.1) is 11.2 Å². The normalized spacial score (nSPS) is 13.4. The van der Waals surface area contributed by atoms with E-state index in [0.717, 1.165) is 29.8 Å². The summed E-state index contributed by atoms with van der Waals surface area (Å²) in [6, 6.07) is 3.43. The Hall–Kier alpha value is -1.42. The number of H-pyrrole nitrogens is 1. The predicted octanol–water partition coefficient (Wildman–Crippen LogP) is 1.60. The zero-order valence-corrected chi connectivity index (χ0v) is 8.23. The van der Waals surface area contributed by atoms with E-state index in [4.69, 9.17) is 0 Å². The van der Waals surface area contributed by atoms with Crippen LogP contribution in [0.15, 0.2) is 22.4 Å². The van der Waals surface area contributed by atoms with Crippen LogP contribution in [0, 0.1) is 0 Å². The van der Waals surface area contributed by atoms with Gasteiger partial charge in [0.15, 0.2) is 0 Å². The molecule has 14 heavy (non-hydrogen) atoms. The molecule has 0 saturated heterocycles. The summed E-state index contributed by atoms with van der Waals surface area (Å²) in [6.07, 6.45) is 1.91. The molecule has 3 rings (SSSR count). The minimum atomic E-state index is -0.0255. The lowest BCUT2D eigenvalue weighted by Gasteiger charge is -2.13. The summed E-state index contributed by atoms with van der Waals surface area (Å²) in [5, 5.41) is 0. The highest BCUT2D eigenvalue weighted by Gasteiger charge is 2.18. The fraction of sp³-hybridized carbons (Fsp3) is 0.200. The van der Waals surface area contributed by atoms with Gasteiger partial charge in [-0.1, -0.05) is 0 Å². The van der Waals surface area contributed by atoms with Crippen LogP contribution in [0.5, 0.6) is 0 Å². The first-order valence-corrected chi connectivity index (χ1v) is 5.37. The van der Waals surface area contributed by atoms with Crippen LogP contribution in [0.1, 0.15) is 10.6 Å². The lowest BCUT2D eigenvalue weighted by Crippen LogP contribution is -2.12. The Bertz CT molecular complexity index is 541. The van der Waals surface area contributed by atoms with Crippen molar-refractivity contribution in [2.75, 3.05) is 0 Å². The number of nitrogens with zero attached hydrogens (tertiary/aromatic N) is 1. The molecule has 1 aliphatic rings. The average Bonchev–Trinajstić information content (AvgIpc) is 2.65. The topological polar surface area (TPSA) is 45.8 Å². The minimum Gasteiger partial charge on any atom is -0.326 e. The fourth-order valence-electron chi connectivity index (χ4n) is 1.84. The molecule has 2 heterocycles. The van der Waals surface area contributed by atoms with Crippen LogP contribution in [0.4, 0.5) is 0 Å². The number of rotatable bonds is 0. The first-order chi connectivity index (χ1) is 6.84. The molecule has 0 amide bonds. The summed E-state index contributed by atoms with van der Waals surface area (Å²) < 4.78 is 0. The summed E-state index contributed by atoms with van der Waals surface area (Å²) >= 11 is 1.69. The van der Waals surface area contributed by atoms with Gasteiger partial charge in [-0.2, -0.15) is 0 Å². The maximum absolute atomic E-state index is 11.1. The first kappa shape index (κ1) is 7.94. The van der Waals surface area contributed by atoms with Gasteiger partial charge in [0.2, 0.25) is 5.56 Å². The number of thiazole rings is 1. The molecule has 0 fully saturated rings. The summed E-state index contributed by atoms with van der Waals surface area (Å²) in [6.45, 7) is 0. The Morgan fingerprint density at radius 1 is 1.36 bits per heavy atom. The smallest absolute Gasteiger partial charge is 0.248 e. The highest BCUT2D eigenvalue weighted by atomic mass is 32.1. The van der Waals surface area contributed by atoms with Crippen LogP contribution in [0.25, 0.3) is 11.3 Å². The average molecular weight is 204 g/mol. The molecule has 0 saturated carbocycles. The van der Waals surface area contributed by atoms with Crippen LogP contribution in [0.3, 0.4) is 0 Å². The third kappa shape index (κ3) is 1.04. The van der Waals surface area contributed by atoms with Gasteiger partial charge in [0, 0.05) is 22.2 Å². The van der Waals surface area contributed by atoms with Gasteiger partial charge in [0.1, 0.15) is 0 Å². The van der Waals surface area contributed by atoms with Crippen molar-refractivity contribution in [3.05, 3.63) is 38.6 Å². The number of fused-ring (bicyclic) bond motifs is 3. The Morgan fingerprint density at radius 3 is 3.21 bits per heavy atom. The van der Waals surface area contributed by atoms with E-state index in [1.165, 1.54) is 4.88 Å². The second kappa shape index (κ2) is 2.78. The van der Waals surface area contributed by atoms with Crippen LogP contribution < -0.4 is 5.56 Å². The van der Waals surface area contributed by atoms with E-state index in [1.54, 1.807) is 17.4 Å². The van der Waals surface area contributed by atoms with Gasteiger partial charge < -0.3 is 4.98 Å². The summed E-state index contributed by atoms with van der Waals surface area (Å²) in [4.78, 5) is 19.6. The number of aromatic amines is 1. The number of nitrogens with one attached hydrogen (secondary N) is 1. The van der Waals surface area contributed by atoms with Crippen molar-refractivity contribution in [3.8, 4) is 11.3 Å². The number of pyridine rings is 1. The van der Waals surface area contributed by atoms with Gasteiger partial charge in [-0.05, 0) is 18.9 Å². The number of aromatic nitrogens is 2. The summed E-state index contributed by atoms with van der Waals surface area (Å²) in [5.74, 6) is 0.